The lowest BCUT2D eigenvalue weighted by atomic mass is 9.46. The summed E-state index contributed by atoms with van der Waals surface area (Å²) < 4.78 is 6.22. The summed E-state index contributed by atoms with van der Waals surface area (Å²) in [5, 5.41) is 43.6. The van der Waals surface area contributed by atoms with Crippen molar-refractivity contribution in [2.75, 3.05) is 12.3 Å². The topological polar surface area (TPSA) is 150 Å². The highest BCUT2D eigenvalue weighted by molar-refractivity contribution is 6.01. The number of Topliss-reactive ketones (excluding diaryl/α,β-unsaturated/α-hetero) is 1. The number of allylic oxidation sites excluding steroid dienone is 4. The van der Waals surface area contributed by atoms with E-state index in [9.17, 15) is 30.0 Å². The second-order valence-electron chi connectivity index (χ2n) is 13.5. The number of fused-ring (bicyclic) bond motifs is 5. The maximum atomic E-state index is 13.3. The van der Waals surface area contributed by atoms with Crippen molar-refractivity contribution in [3.8, 4) is 5.75 Å². The fourth-order valence-electron chi connectivity index (χ4n) is 9.18. The monoisotopic (exact) mass is 587 g/mol. The minimum atomic E-state index is -1.40. The van der Waals surface area contributed by atoms with Gasteiger partial charge in [-0.05, 0) is 84.4 Å². The predicted molar refractivity (Wildman–Crippen MR) is 161 cm³/mol. The second-order valence-corrected chi connectivity index (χ2v) is 13.5. The number of aromatic hydroxyl groups is 1. The minimum absolute atomic E-state index is 0.0112. The molecule has 0 bridgehead atoms. The Balaban J connectivity index is 1.25. The molecule has 0 saturated heterocycles. The molecule has 3 saturated carbocycles. The summed E-state index contributed by atoms with van der Waals surface area (Å²) in [4.78, 5) is 25.4. The first-order chi connectivity index (χ1) is 20.4. The third-order valence-corrected chi connectivity index (χ3v) is 11.0. The Labute approximate surface area is 251 Å². The molecule has 6 rings (SSSR count). The molecular formula is C35H41NO7. The van der Waals surface area contributed by atoms with E-state index in [1.807, 2.05) is 31.2 Å². The van der Waals surface area contributed by atoms with Crippen LogP contribution >= 0.6 is 0 Å². The normalized spacial score (nSPS) is 35.5. The number of ether oxygens (including phenoxy) is 1. The van der Waals surface area contributed by atoms with E-state index in [1.54, 1.807) is 30.4 Å². The molecule has 43 heavy (non-hydrogen) atoms. The number of phenolic OH excluding ortho intramolecular Hbond substituents is 1. The number of ketones is 2. The molecule has 4 aliphatic rings. The number of nitrogens with two attached hydrogens (primary N) is 1. The van der Waals surface area contributed by atoms with Gasteiger partial charge < -0.3 is 30.9 Å². The van der Waals surface area contributed by atoms with Crippen LogP contribution < -0.4 is 5.73 Å². The maximum absolute atomic E-state index is 13.3. The number of carbonyl (C=O) groups is 2. The van der Waals surface area contributed by atoms with Crippen LogP contribution in [0, 0.1) is 34.5 Å². The first-order valence-corrected chi connectivity index (χ1v) is 15.2. The molecule has 9 atom stereocenters. The molecule has 2 aromatic carbocycles. The quantitative estimate of drug-likeness (QED) is 0.241. The summed E-state index contributed by atoms with van der Waals surface area (Å²) in [5.41, 5.74) is 8.47. The van der Waals surface area contributed by atoms with Crippen LogP contribution in [0.1, 0.15) is 62.5 Å². The molecule has 2 aromatic rings. The number of carbonyl (C=O) groups excluding carboxylic acids is 2. The van der Waals surface area contributed by atoms with Gasteiger partial charge in [-0.15, -0.1) is 0 Å². The molecular weight excluding hydrogens is 546 g/mol. The fourth-order valence-corrected chi connectivity index (χ4v) is 9.18. The van der Waals surface area contributed by atoms with Gasteiger partial charge in [0.25, 0.3) is 0 Å². The Morgan fingerprint density at radius 3 is 2.70 bits per heavy atom. The second kappa shape index (κ2) is 11.0. The summed E-state index contributed by atoms with van der Waals surface area (Å²) in [6.45, 7) is 3.45. The van der Waals surface area contributed by atoms with Crippen molar-refractivity contribution in [2.24, 2.45) is 34.5 Å². The average molecular weight is 588 g/mol. The molecule has 0 aliphatic heterocycles. The third kappa shape index (κ3) is 5.04. The zero-order valence-electron chi connectivity index (χ0n) is 24.6. The van der Waals surface area contributed by atoms with E-state index in [-0.39, 0.29) is 35.1 Å². The van der Waals surface area contributed by atoms with Gasteiger partial charge in [0.1, 0.15) is 12.4 Å². The number of rotatable bonds is 7. The summed E-state index contributed by atoms with van der Waals surface area (Å²) >= 11 is 0. The molecule has 4 aliphatic carbocycles. The third-order valence-electron chi connectivity index (χ3n) is 11.0. The number of aliphatic hydroxyl groups is 3. The van der Waals surface area contributed by atoms with Crippen LogP contribution in [0.5, 0.6) is 5.75 Å². The van der Waals surface area contributed by atoms with Gasteiger partial charge >= 0.3 is 0 Å². The van der Waals surface area contributed by atoms with Gasteiger partial charge in [0.2, 0.25) is 0 Å². The molecule has 0 amide bonds. The largest absolute Gasteiger partial charge is 0.508 e. The smallest absolute Gasteiger partial charge is 0.181 e. The van der Waals surface area contributed by atoms with E-state index < -0.39 is 41.9 Å². The van der Waals surface area contributed by atoms with Crippen molar-refractivity contribution in [2.45, 2.75) is 64.4 Å². The van der Waals surface area contributed by atoms with Crippen LogP contribution in [-0.4, -0.2) is 50.8 Å². The Morgan fingerprint density at radius 1 is 1.19 bits per heavy atom. The number of anilines is 1. The van der Waals surface area contributed by atoms with Crippen molar-refractivity contribution < 1.29 is 34.8 Å². The lowest BCUT2D eigenvalue weighted by molar-refractivity contribution is -0.167. The summed E-state index contributed by atoms with van der Waals surface area (Å²) in [7, 11) is 0. The van der Waals surface area contributed by atoms with Crippen LogP contribution in [0.2, 0.25) is 0 Å². The van der Waals surface area contributed by atoms with Gasteiger partial charge in [-0.3, -0.25) is 9.59 Å². The predicted octanol–water partition coefficient (Wildman–Crippen LogP) is 4.01. The van der Waals surface area contributed by atoms with Crippen LogP contribution in [0.25, 0.3) is 0 Å². The van der Waals surface area contributed by atoms with E-state index in [2.05, 4.69) is 6.92 Å². The van der Waals surface area contributed by atoms with Gasteiger partial charge in [-0.25, -0.2) is 0 Å². The Hall–Kier alpha value is -3.30. The molecule has 0 radical (unpaired) electrons. The summed E-state index contributed by atoms with van der Waals surface area (Å²) in [5.74, 6) is -1.12. The van der Waals surface area contributed by atoms with Crippen molar-refractivity contribution in [1.82, 2.24) is 0 Å². The van der Waals surface area contributed by atoms with Crippen LogP contribution in [0.4, 0.5) is 5.69 Å². The number of nitrogen functional groups attached to an aromatic ring is 1. The highest BCUT2D eigenvalue weighted by Gasteiger charge is 2.65. The zero-order chi connectivity index (χ0) is 30.7. The molecule has 3 fully saturated rings. The summed E-state index contributed by atoms with van der Waals surface area (Å²) in [6.07, 6.45) is 5.29. The van der Waals surface area contributed by atoms with Crippen molar-refractivity contribution in [3.05, 3.63) is 83.0 Å². The van der Waals surface area contributed by atoms with Crippen LogP contribution in [0.15, 0.2) is 66.3 Å². The molecule has 0 aromatic heterocycles. The van der Waals surface area contributed by atoms with Gasteiger partial charge in [0.05, 0.1) is 18.1 Å². The molecule has 0 spiro atoms. The molecule has 8 nitrogen and oxygen atoms in total. The van der Waals surface area contributed by atoms with E-state index >= 15 is 0 Å². The SMILES string of the molecule is C[C@]12C[C@H](O)[C@H]3[C@@H](CCC4=CC(=O)C=C[C@@]43C)[C@@H]1C[C@@H](O[C@H](O)c1ccc(Cc3cccc(N)c3)c(O)c1)[C@@H]2C(=O)CO. The van der Waals surface area contributed by atoms with Gasteiger partial charge in [-0.2, -0.15) is 0 Å². The van der Waals surface area contributed by atoms with Crippen LogP contribution in [0.3, 0.4) is 0 Å². The Kier molecular flexibility index (Phi) is 7.62. The number of hydrogen-bond donors (Lipinski definition) is 5. The van der Waals surface area contributed by atoms with Crippen molar-refractivity contribution in [1.29, 1.82) is 0 Å². The minimum Gasteiger partial charge on any atom is -0.508 e. The zero-order valence-corrected chi connectivity index (χ0v) is 24.6. The standard InChI is InChI=1S/C35H41NO7/c1-34-11-10-24(38)15-22(34)8-9-25-26-16-30(32(29(41)18-37)35(26,2)17-28(40)31(25)34)43-33(42)21-7-6-20(27(39)14-21)12-19-4-3-5-23(36)13-19/h3-7,10-11,13-15,25-26,28,30-33,37,39-40,42H,8-9,12,16-18,36H2,1-2H3/t25-,26-,28-,30+,31+,32-,33-,34-,35-/m0/s1. The molecule has 0 unspecified atom stereocenters. The Bertz CT molecular complexity index is 1500. The lowest BCUT2D eigenvalue weighted by Crippen LogP contribution is -2.56. The molecule has 228 valence electrons. The fraction of sp³-hybridized carbons (Fsp3) is 0.486. The Morgan fingerprint density at radius 2 is 1.98 bits per heavy atom. The number of phenols is 1. The first-order valence-electron chi connectivity index (χ1n) is 15.2. The van der Waals surface area contributed by atoms with E-state index in [0.717, 1.165) is 24.0 Å². The summed E-state index contributed by atoms with van der Waals surface area (Å²) in [6, 6.07) is 12.3. The van der Waals surface area contributed by atoms with Gasteiger partial charge in [0, 0.05) is 29.0 Å². The van der Waals surface area contributed by atoms with E-state index in [1.165, 1.54) is 6.07 Å². The maximum Gasteiger partial charge on any atom is 0.181 e. The molecule has 0 heterocycles. The first kappa shape index (κ1) is 29.8. The van der Waals surface area contributed by atoms with Gasteiger partial charge in [-0.1, -0.05) is 49.8 Å². The number of aliphatic hydroxyl groups excluding tert-OH is 3. The lowest BCUT2D eigenvalue weighted by Gasteiger charge is -2.58. The highest BCUT2D eigenvalue weighted by atomic mass is 16.6. The van der Waals surface area contributed by atoms with Crippen LogP contribution in [-0.2, 0) is 20.7 Å². The highest BCUT2D eigenvalue weighted by Crippen LogP contribution is 2.66. The van der Waals surface area contributed by atoms with Crippen molar-refractivity contribution >= 4 is 17.3 Å². The van der Waals surface area contributed by atoms with E-state index in [0.29, 0.717) is 36.1 Å². The average Bonchev–Trinajstić information content (AvgIpc) is 3.24. The van der Waals surface area contributed by atoms with Crippen molar-refractivity contribution in [3.63, 3.8) is 0 Å². The van der Waals surface area contributed by atoms with Gasteiger partial charge in [0.15, 0.2) is 17.9 Å². The molecule has 6 N–H and O–H groups in total. The van der Waals surface area contributed by atoms with E-state index in [4.69, 9.17) is 10.5 Å². The number of benzene rings is 2. The number of hydrogen-bond acceptors (Lipinski definition) is 8. The molecule has 8 heteroatoms.